The van der Waals surface area contributed by atoms with E-state index in [1.807, 2.05) is 0 Å². The van der Waals surface area contributed by atoms with Gasteiger partial charge in [0.15, 0.2) is 0 Å². The monoisotopic (exact) mass is 345 g/mol. The van der Waals surface area contributed by atoms with E-state index in [1.165, 1.54) is 42.5 Å². The maximum Gasteiger partial charge on any atom is 0.270 e. The number of nitrogens with one attached hydrogen (secondary N) is 1. The molecule has 0 radical (unpaired) electrons. The van der Waals surface area contributed by atoms with Crippen LogP contribution < -0.4 is 10.4 Å². The summed E-state index contributed by atoms with van der Waals surface area (Å²) in [6, 6.07) is 9.57. The first kappa shape index (κ1) is 17.2. The second kappa shape index (κ2) is 7.38. The summed E-state index contributed by atoms with van der Waals surface area (Å²) in [5, 5.41) is 24.3. The Labute approximate surface area is 141 Å². The molecule has 122 valence electrons. The number of carboxylic acid groups (broad SMARTS) is 1. The van der Waals surface area contributed by atoms with Gasteiger partial charge in [-0.3, -0.25) is 14.9 Å². The van der Waals surface area contributed by atoms with Crippen molar-refractivity contribution in [3.05, 3.63) is 74.8 Å². The summed E-state index contributed by atoms with van der Waals surface area (Å²) in [7, 11) is 0. The van der Waals surface area contributed by atoms with Crippen molar-refractivity contribution in [1.29, 1.82) is 0 Å². The van der Waals surface area contributed by atoms with E-state index in [0.29, 0.717) is 5.56 Å². The summed E-state index contributed by atoms with van der Waals surface area (Å²) in [6.45, 7) is 0. The number of amides is 1. The van der Waals surface area contributed by atoms with Crippen molar-refractivity contribution in [3.63, 3.8) is 0 Å². The van der Waals surface area contributed by atoms with Gasteiger partial charge in [0.25, 0.3) is 5.69 Å². The first-order chi connectivity index (χ1) is 11.4. The predicted molar refractivity (Wildman–Crippen MR) is 86.5 cm³/mol. The van der Waals surface area contributed by atoms with Gasteiger partial charge >= 0.3 is 0 Å². The average Bonchev–Trinajstić information content (AvgIpc) is 2.53. The maximum atomic E-state index is 11.9. The van der Waals surface area contributed by atoms with Crippen LogP contribution in [0.25, 0.3) is 6.08 Å². The van der Waals surface area contributed by atoms with Gasteiger partial charge in [-0.15, -0.1) is 0 Å². The van der Waals surface area contributed by atoms with Crippen molar-refractivity contribution in [1.82, 2.24) is 0 Å². The minimum atomic E-state index is -1.45. The number of hydrogen-bond acceptors (Lipinski definition) is 5. The van der Waals surface area contributed by atoms with Crippen LogP contribution in [0, 0.1) is 10.1 Å². The zero-order valence-electron chi connectivity index (χ0n) is 12.1. The minimum Gasteiger partial charge on any atom is -0.545 e. The van der Waals surface area contributed by atoms with E-state index < -0.39 is 16.8 Å². The van der Waals surface area contributed by atoms with Crippen LogP contribution in [0.5, 0.6) is 0 Å². The number of nitro benzene ring substituents is 1. The van der Waals surface area contributed by atoms with Crippen LogP contribution in [0.1, 0.15) is 15.9 Å². The van der Waals surface area contributed by atoms with Gasteiger partial charge in [-0.2, -0.15) is 0 Å². The van der Waals surface area contributed by atoms with Gasteiger partial charge in [-0.25, -0.2) is 0 Å². The van der Waals surface area contributed by atoms with Gasteiger partial charge in [-0.1, -0.05) is 23.7 Å². The van der Waals surface area contributed by atoms with Crippen LogP contribution in [-0.2, 0) is 4.79 Å². The molecule has 7 nitrogen and oxygen atoms in total. The van der Waals surface area contributed by atoms with E-state index >= 15 is 0 Å². The van der Waals surface area contributed by atoms with Crippen LogP contribution in [0.15, 0.2) is 48.5 Å². The van der Waals surface area contributed by atoms with Gasteiger partial charge < -0.3 is 15.2 Å². The SMILES string of the molecule is O=C(/C=C/c1cccc([N+](=O)[O-])c1)Nc1cc(Cl)ccc1C(=O)[O-]. The number of carbonyl (C=O) groups is 2. The number of non-ortho nitro benzene ring substituents is 1. The highest BCUT2D eigenvalue weighted by molar-refractivity contribution is 6.31. The lowest BCUT2D eigenvalue weighted by Gasteiger charge is -2.11. The Balaban J connectivity index is 2.17. The maximum absolute atomic E-state index is 11.9. The van der Waals surface area contributed by atoms with Crippen molar-refractivity contribution >= 4 is 40.9 Å². The molecule has 0 saturated heterocycles. The molecule has 2 rings (SSSR count). The molecule has 0 saturated carbocycles. The Morgan fingerprint density at radius 1 is 1.17 bits per heavy atom. The molecule has 0 aliphatic rings. The smallest absolute Gasteiger partial charge is 0.270 e. The highest BCUT2D eigenvalue weighted by atomic mass is 35.5. The van der Waals surface area contributed by atoms with E-state index in [2.05, 4.69) is 5.32 Å². The average molecular weight is 346 g/mol. The summed E-state index contributed by atoms with van der Waals surface area (Å²) >= 11 is 5.78. The zero-order valence-corrected chi connectivity index (χ0v) is 12.8. The number of nitro groups is 1. The Kier molecular flexibility index (Phi) is 5.28. The van der Waals surface area contributed by atoms with Crippen LogP contribution in [0.4, 0.5) is 11.4 Å². The number of carboxylic acids is 1. The van der Waals surface area contributed by atoms with Crippen molar-refractivity contribution in [2.75, 3.05) is 5.32 Å². The molecule has 2 aromatic carbocycles. The molecule has 0 heterocycles. The van der Waals surface area contributed by atoms with Crippen LogP contribution in [0.2, 0.25) is 5.02 Å². The van der Waals surface area contributed by atoms with Crippen LogP contribution in [0.3, 0.4) is 0 Å². The van der Waals surface area contributed by atoms with Gasteiger partial charge in [0.1, 0.15) is 0 Å². The third-order valence-electron chi connectivity index (χ3n) is 2.97. The number of nitrogens with zero attached hydrogens (tertiary/aromatic N) is 1. The van der Waals surface area contributed by atoms with Crippen molar-refractivity contribution < 1.29 is 19.6 Å². The molecule has 0 atom stereocenters. The van der Waals surface area contributed by atoms with E-state index in [9.17, 15) is 24.8 Å². The molecule has 0 unspecified atom stereocenters. The largest absolute Gasteiger partial charge is 0.545 e. The lowest BCUT2D eigenvalue weighted by atomic mass is 10.1. The number of carbonyl (C=O) groups excluding carboxylic acids is 2. The number of aromatic carboxylic acids is 1. The minimum absolute atomic E-state index is 0.00353. The quantitative estimate of drug-likeness (QED) is 0.507. The van der Waals surface area contributed by atoms with Crippen LogP contribution >= 0.6 is 11.6 Å². The number of rotatable bonds is 5. The first-order valence-electron chi connectivity index (χ1n) is 6.61. The highest BCUT2D eigenvalue weighted by Gasteiger charge is 2.08. The molecule has 1 N–H and O–H groups in total. The zero-order chi connectivity index (χ0) is 17.7. The molecule has 8 heteroatoms. The lowest BCUT2D eigenvalue weighted by Crippen LogP contribution is -2.24. The molecular formula is C16H10ClN2O5-. The normalized spacial score (nSPS) is 10.5. The molecule has 24 heavy (non-hydrogen) atoms. The second-order valence-corrected chi connectivity index (χ2v) is 5.09. The van der Waals surface area contributed by atoms with Crippen LogP contribution in [-0.4, -0.2) is 16.8 Å². The van der Waals surface area contributed by atoms with Gasteiger partial charge in [0.05, 0.1) is 16.6 Å². The third kappa shape index (κ3) is 4.40. The van der Waals surface area contributed by atoms with E-state index in [0.717, 1.165) is 6.08 Å². The Morgan fingerprint density at radius 2 is 1.92 bits per heavy atom. The third-order valence-corrected chi connectivity index (χ3v) is 3.20. The fourth-order valence-corrected chi connectivity index (χ4v) is 2.06. The highest BCUT2D eigenvalue weighted by Crippen LogP contribution is 2.21. The summed E-state index contributed by atoms with van der Waals surface area (Å²) in [5.74, 6) is -2.07. The van der Waals surface area contributed by atoms with Gasteiger partial charge in [-0.05, 0) is 29.8 Å². The van der Waals surface area contributed by atoms with Gasteiger partial charge in [0, 0.05) is 28.8 Å². The molecule has 0 spiro atoms. The Morgan fingerprint density at radius 3 is 2.58 bits per heavy atom. The van der Waals surface area contributed by atoms with Gasteiger partial charge in [0.2, 0.25) is 5.91 Å². The standard InChI is InChI=1S/C16H11ClN2O5/c17-11-5-6-13(16(21)22)14(9-11)18-15(20)7-4-10-2-1-3-12(8-10)19(23)24/h1-9H,(H,18,20)(H,21,22)/p-1/b7-4+. The fourth-order valence-electron chi connectivity index (χ4n) is 1.89. The molecular weight excluding hydrogens is 336 g/mol. The number of benzene rings is 2. The summed E-state index contributed by atoms with van der Waals surface area (Å²) < 4.78 is 0. The topological polar surface area (TPSA) is 112 Å². The predicted octanol–water partition coefficient (Wildman–Crippen LogP) is 2.26. The summed E-state index contributed by atoms with van der Waals surface area (Å²) in [5.41, 5.74) is 0.130. The molecule has 1 amide bonds. The van der Waals surface area contributed by atoms with E-state index in [1.54, 1.807) is 6.07 Å². The number of hydrogen-bond donors (Lipinski definition) is 1. The lowest BCUT2D eigenvalue weighted by molar-refractivity contribution is -0.384. The molecule has 2 aromatic rings. The Hall–Kier alpha value is -3.19. The van der Waals surface area contributed by atoms with Crippen molar-refractivity contribution in [3.8, 4) is 0 Å². The number of anilines is 1. The fraction of sp³-hybridized carbons (Fsp3) is 0. The Bertz CT molecular complexity index is 848. The van der Waals surface area contributed by atoms with Crippen molar-refractivity contribution in [2.45, 2.75) is 0 Å². The number of halogens is 1. The molecule has 0 aromatic heterocycles. The van der Waals surface area contributed by atoms with Crippen molar-refractivity contribution in [2.24, 2.45) is 0 Å². The molecule has 0 aliphatic carbocycles. The summed E-state index contributed by atoms with van der Waals surface area (Å²) in [4.78, 5) is 33.1. The molecule has 0 fully saturated rings. The molecule has 0 aliphatic heterocycles. The van der Waals surface area contributed by atoms with E-state index in [4.69, 9.17) is 11.6 Å². The second-order valence-electron chi connectivity index (χ2n) is 4.65. The van der Waals surface area contributed by atoms with E-state index in [-0.39, 0.29) is 22.0 Å². The first-order valence-corrected chi connectivity index (χ1v) is 6.99. The summed E-state index contributed by atoms with van der Waals surface area (Å²) in [6.07, 6.45) is 2.49. The molecule has 0 bridgehead atoms.